The molecule has 0 saturated heterocycles. The molecule has 0 bridgehead atoms. The molecule has 1 saturated carbocycles. The summed E-state index contributed by atoms with van der Waals surface area (Å²) in [6, 6.07) is 7.59. The molecule has 1 fully saturated rings. The van der Waals surface area contributed by atoms with Crippen molar-refractivity contribution in [2.24, 2.45) is 11.8 Å². The molecule has 8 heteroatoms. The van der Waals surface area contributed by atoms with Crippen LogP contribution >= 0.6 is 9.39 Å². The fourth-order valence-corrected chi connectivity index (χ4v) is 4.29. The van der Waals surface area contributed by atoms with Crippen LogP contribution in [-0.2, 0) is 0 Å². The zero-order valence-corrected chi connectivity index (χ0v) is 23.7. The molecule has 0 radical (unpaired) electrons. The second-order valence-electron chi connectivity index (χ2n) is 9.39. The Morgan fingerprint density at radius 2 is 1.94 bits per heavy atom. The van der Waals surface area contributed by atoms with Crippen LogP contribution < -0.4 is 14.9 Å². The van der Waals surface area contributed by atoms with Gasteiger partial charge in [-0.1, -0.05) is 52.5 Å². The normalized spacial score (nSPS) is 15.4. The van der Waals surface area contributed by atoms with E-state index in [1.54, 1.807) is 24.3 Å². The summed E-state index contributed by atoms with van der Waals surface area (Å²) in [6.07, 6.45) is 9.81. The van der Waals surface area contributed by atoms with E-state index < -0.39 is 6.67 Å². The van der Waals surface area contributed by atoms with Crippen molar-refractivity contribution >= 4 is 26.2 Å². The number of aryl methyl sites for hydroxylation is 1. The van der Waals surface area contributed by atoms with E-state index in [0.717, 1.165) is 23.0 Å². The molecular formula is C28H41FN5OP. The Kier molecular flexibility index (Phi) is 12.3. The third kappa shape index (κ3) is 7.98. The van der Waals surface area contributed by atoms with Gasteiger partial charge in [0, 0.05) is 5.57 Å². The van der Waals surface area contributed by atoms with Crippen molar-refractivity contribution in [2.75, 3.05) is 18.6 Å². The number of alkyl halides is 1. The van der Waals surface area contributed by atoms with E-state index in [1.807, 2.05) is 39.0 Å². The lowest BCUT2D eigenvalue weighted by atomic mass is 9.76. The number of hydrogen-bond acceptors (Lipinski definition) is 6. The summed E-state index contributed by atoms with van der Waals surface area (Å²) < 4.78 is 19.8. The van der Waals surface area contributed by atoms with Gasteiger partial charge in [-0.25, -0.2) is 19.8 Å². The van der Waals surface area contributed by atoms with Crippen molar-refractivity contribution in [2.45, 2.75) is 72.8 Å². The molecule has 3 unspecified atom stereocenters. The van der Waals surface area contributed by atoms with Crippen LogP contribution in [0.3, 0.4) is 0 Å². The van der Waals surface area contributed by atoms with Crippen molar-refractivity contribution in [1.29, 1.82) is 5.26 Å². The number of ether oxygens (including phenoxy) is 1. The molecule has 1 N–H and O–H groups in total. The number of rotatable bonds is 10. The standard InChI is InChI=1S/C20H25FN5OP.C8H16/c1-5-15(9-21)25-26(28)16-11-23-20(24-12-16)14(3)19(10-22)18-8-17(27-4)7-6-13(18)2;1-3-7(2)8-5-4-6-8/h6-8,11-12,15,25H,5,9,28H2,1-4H3;7-8H,3-6H2,1-2H3/b19-14+;. The molecule has 0 aliphatic heterocycles. The predicted octanol–water partition coefficient (Wildman–Crippen LogP) is 6.93. The lowest BCUT2D eigenvalue weighted by Crippen LogP contribution is -2.39. The first-order chi connectivity index (χ1) is 17.3. The van der Waals surface area contributed by atoms with Crippen molar-refractivity contribution in [3.05, 3.63) is 47.5 Å². The highest BCUT2D eigenvalue weighted by molar-refractivity contribution is 7.18. The molecule has 3 rings (SSSR count). The molecule has 1 aliphatic carbocycles. The first-order valence-electron chi connectivity index (χ1n) is 12.7. The summed E-state index contributed by atoms with van der Waals surface area (Å²) in [6.45, 7) is 9.88. The average Bonchev–Trinajstić information content (AvgIpc) is 2.87. The van der Waals surface area contributed by atoms with Gasteiger partial charge in [0.05, 0.1) is 36.8 Å². The van der Waals surface area contributed by atoms with Crippen molar-refractivity contribution < 1.29 is 9.13 Å². The lowest BCUT2D eigenvalue weighted by molar-refractivity contribution is 0.215. The van der Waals surface area contributed by atoms with Gasteiger partial charge in [0.1, 0.15) is 18.5 Å². The monoisotopic (exact) mass is 513 g/mol. The van der Waals surface area contributed by atoms with Gasteiger partial charge in [-0.3, -0.25) is 4.78 Å². The fraction of sp³-hybridized carbons (Fsp3) is 0.536. The average molecular weight is 514 g/mol. The van der Waals surface area contributed by atoms with E-state index >= 15 is 0 Å². The van der Waals surface area contributed by atoms with E-state index in [9.17, 15) is 9.65 Å². The van der Waals surface area contributed by atoms with Crippen LogP contribution in [-0.4, -0.2) is 29.8 Å². The summed E-state index contributed by atoms with van der Waals surface area (Å²) in [7, 11) is 4.07. The Balaban J connectivity index is 0.000000482. The summed E-state index contributed by atoms with van der Waals surface area (Å²) in [5.41, 5.74) is 6.61. The van der Waals surface area contributed by atoms with Gasteiger partial charge in [-0.05, 0) is 64.8 Å². The number of hydrazine groups is 1. The molecule has 3 atom stereocenters. The number of anilines is 1. The van der Waals surface area contributed by atoms with E-state index in [4.69, 9.17) is 4.74 Å². The summed E-state index contributed by atoms with van der Waals surface area (Å²) in [5, 5.41) is 9.73. The number of nitrogens with one attached hydrogen (secondary N) is 1. The third-order valence-corrected chi connectivity index (χ3v) is 7.50. The highest BCUT2D eigenvalue weighted by Gasteiger charge is 2.21. The second-order valence-corrected chi connectivity index (χ2v) is 9.91. The zero-order chi connectivity index (χ0) is 26.7. The third-order valence-electron chi connectivity index (χ3n) is 7.05. The quantitative estimate of drug-likeness (QED) is 0.211. The van der Waals surface area contributed by atoms with Gasteiger partial charge >= 0.3 is 0 Å². The van der Waals surface area contributed by atoms with E-state index in [1.165, 1.54) is 25.7 Å². The number of allylic oxidation sites excluding steroid dienone is 2. The Bertz CT molecular complexity index is 1030. The number of halogens is 1. The van der Waals surface area contributed by atoms with E-state index in [-0.39, 0.29) is 6.04 Å². The predicted molar refractivity (Wildman–Crippen MR) is 150 cm³/mol. The Morgan fingerprint density at radius 3 is 2.39 bits per heavy atom. The van der Waals surface area contributed by atoms with Gasteiger partial charge in [-0.2, -0.15) is 5.26 Å². The van der Waals surface area contributed by atoms with Gasteiger partial charge < -0.3 is 4.74 Å². The van der Waals surface area contributed by atoms with Crippen LogP contribution in [0.2, 0.25) is 0 Å². The highest BCUT2D eigenvalue weighted by atomic mass is 31.0. The number of methoxy groups -OCH3 is 1. The van der Waals surface area contributed by atoms with Crippen molar-refractivity contribution in [1.82, 2.24) is 15.4 Å². The van der Waals surface area contributed by atoms with Gasteiger partial charge in [-0.15, -0.1) is 0 Å². The molecular weight excluding hydrogens is 472 g/mol. The van der Waals surface area contributed by atoms with Gasteiger partial charge in [0.15, 0.2) is 5.82 Å². The van der Waals surface area contributed by atoms with Gasteiger partial charge in [0.2, 0.25) is 0 Å². The van der Waals surface area contributed by atoms with Crippen molar-refractivity contribution in [3.63, 3.8) is 0 Å². The molecule has 1 heterocycles. The summed E-state index contributed by atoms with van der Waals surface area (Å²) in [5.74, 6) is 3.24. The van der Waals surface area contributed by atoms with Crippen LogP contribution in [0.4, 0.5) is 10.1 Å². The number of nitrogens with zero attached hydrogens (tertiary/aromatic N) is 4. The second kappa shape index (κ2) is 14.9. The molecule has 196 valence electrons. The van der Waals surface area contributed by atoms with Crippen LogP contribution in [0.5, 0.6) is 5.75 Å². The number of nitriles is 1. The maximum atomic E-state index is 12.9. The molecule has 36 heavy (non-hydrogen) atoms. The maximum Gasteiger partial charge on any atom is 0.156 e. The molecule has 2 aromatic rings. The Morgan fingerprint density at radius 1 is 1.28 bits per heavy atom. The number of hydrogen-bond donors (Lipinski definition) is 1. The van der Waals surface area contributed by atoms with Gasteiger partial charge in [0.25, 0.3) is 0 Å². The molecule has 1 aromatic heterocycles. The minimum atomic E-state index is -0.465. The number of benzene rings is 1. The fourth-order valence-electron chi connectivity index (χ4n) is 3.94. The summed E-state index contributed by atoms with van der Waals surface area (Å²) >= 11 is 0. The Hall–Kier alpha value is -2.55. The largest absolute Gasteiger partial charge is 0.497 e. The SMILES string of the molecule is CCC(C)C1CCC1.CCC(CF)NN(P)c1cnc(/C(C)=C(\C#N)c2cc(OC)ccc2C)nc1. The van der Waals surface area contributed by atoms with Crippen LogP contribution in [0.1, 0.15) is 76.8 Å². The highest BCUT2D eigenvalue weighted by Crippen LogP contribution is 2.34. The maximum absolute atomic E-state index is 12.9. The molecule has 0 amide bonds. The summed E-state index contributed by atoms with van der Waals surface area (Å²) in [4.78, 5) is 8.77. The molecule has 6 nitrogen and oxygen atoms in total. The van der Waals surface area contributed by atoms with Crippen LogP contribution in [0.25, 0.3) is 11.1 Å². The molecule has 0 spiro atoms. The molecule has 1 aromatic carbocycles. The zero-order valence-electron chi connectivity index (χ0n) is 22.5. The molecule has 1 aliphatic rings. The van der Waals surface area contributed by atoms with E-state index in [0.29, 0.717) is 34.8 Å². The topological polar surface area (TPSA) is 74.1 Å². The first-order valence-corrected chi connectivity index (χ1v) is 13.3. The van der Waals surface area contributed by atoms with Crippen LogP contribution in [0.15, 0.2) is 30.6 Å². The van der Waals surface area contributed by atoms with Crippen LogP contribution in [0, 0.1) is 30.1 Å². The lowest BCUT2D eigenvalue weighted by Gasteiger charge is -2.30. The number of aromatic nitrogens is 2. The first kappa shape index (κ1) is 29.7. The smallest absolute Gasteiger partial charge is 0.156 e. The minimum Gasteiger partial charge on any atom is -0.497 e. The minimum absolute atomic E-state index is 0.278. The van der Waals surface area contributed by atoms with E-state index in [2.05, 4.69) is 44.7 Å². The Labute approximate surface area is 218 Å². The van der Waals surface area contributed by atoms with Crippen molar-refractivity contribution in [3.8, 4) is 11.8 Å².